The molecule has 1 aliphatic heterocycles. The monoisotopic (exact) mass is 384 g/mol. The van der Waals surface area contributed by atoms with E-state index in [1.54, 1.807) is 41.3 Å². The van der Waals surface area contributed by atoms with Gasteiger partial charge in [0.2, 0.25) is 15.9 Å². The molecular weight excluding hydrogens is 360 g/mol. The van der Waals surface area contributed by atoms with Crippen LogP contribution in [0.1, 0.15) is 16.7 Å². The fourth-order valence-corrected chi connectivity index (χ4v) is 4.48. The van der Waals surface area contributed by atoms with Crippen LogP contribution in [0.3, 0.4) is 0 Å². The van der Waals surface area contributed by atoms with Gasteiger partial charge >= 0.3 is 0 Å². The molecule has 0 N–H and O–H groups in total. The summed E-state index contributed by atoms with van der Waals surface area (Å²) < 4.78 is 26.9. The smallest absolute Gasteiger partial charge is 0.246 e. The normalized spacial score (nSPS) is 16.0. The van der Waals surface area contributed by atoms with Crippen molar-refractivity contribution in [1.29, 1.82) is 0 Å². The summed E-state index contributed by atoms with van der Waals surface area (Å²) in [4.78, 5) is 14.4. The van der Waals surface area contributed by atoms with Crippen molar-refractivity contribution in [3.8, 4) is 0 Å². The molecule has 0 unspecified atom stereocenters. The lowest BCUT2D eigenvalue weighted by molar-refractivity contribution is -0.127. The number of benzene rings is 2. The molecule has 2 aromatic rings. The van der Waals surface area contributed by atoms with Gasteiger partial charge < -0.3 is 4.90 Å². The summed E-state index contributed by atoms with van der Waals surface area (Å²) in [6, 6.07) is 14.8. The van der Waals surface area contributed by atoms with E-state index in [-0.39, 0.29) is 5.91 Å². The largest absolute Gasteiger partial charge is 0.337 e. The van der Waals surface area contributed by atoms with Crippen molar-refractivity contribution in [1.82, 2.24) is 9.21 Å². The Morgan fingerprint density at radius 3 is 2.22 bits per heavy atom. The number of amides is 1. The third-order valence-electron chi connectivity index (χ3n) is 4.67. The number of carbonyl (C=O) groups is 1. The van der Waals surface area contributed by atoms with Gasteiger partial charge in [-0.15, -0.1) is 0 Å². The van der Waals surface area contributed by atoms with E-state index in [0.717, 1.165) is 16.7 Å². The van der Waals surface area contributed by atoms with Crippen LogP contribution >= 0.6 is 0 Å². The van der Waals surface area contributed by atoms with Gasteiger partial charge in [-0.3, -0.25) is 4.79 Å². The van der Waals surface area contributed by atoms with Crippen LogP contribution in [0.25, 0.3) is 6.08 Å². The summed E-state index contributed by atoms with van der Waals surface area (Å²) in [5.41, 5.74) is 3.13. The molecule has 27 heavy (non-hydrogen) atoms. The van der Waals surface area contributed by atoms with Gasteiger partial charge in [0.15, 0.2) is 0 Å². The van der Waals surface area contributed by atoms with Crippen LogP contribution in [0.15, 0.2) is 59.5 Å². The molecule has 1 saturated heterocycles. The molecule has 2 aromatic carbocycles. The summed E-state index contributed by atoms with van der Waals surface area (Å²) in [5.74, 6) is -0.0936. The van der Waals surface area contributed by atoms with Crippen molar-refractivity contribution in [2.45, 2.75) is 18.7 Å². The minimum atomic E-state index is -3.51. The standard InChI is InChI=1S/C21H24N2O3S/c1-17-6-9-20(10-7-17)27(25,26)23-14-12-22(13-15-23)21(24)11-8-19-5-3-4-18(2)16-19/h3-11,16H,12-15H2,1-2H3/b11-8+. The van der Waals surface area contributed by atoms with E-state index in [0.29, 0.717) is 31.1 Å². The Bertz CT molecular complexity index is 942. The summed E-state index contributed by atoms with van der Waals surface area (Å²) in [6.45, 7) is 5.32. The maximum absolute atomic E-state index is 12.7. The van der Waals surface area contributed by atoms with Crippen LogP contribution in [-0.4, -0.2) is 49.7 Å². The van der Waals surface area contributed by atoms with Crippen molar-refractivity contribution in [2.24, 2.45) is 0 Å². The summed E-state index contributed by atoms with van der Waals surface area (Å²) in [7, 11) is -3.51. The number of aryl methyl sites for hydroxylation is 2. The highest BCUT2D eigenvalue weighted by molar-refractivity contribution is 7.89. The van der Waals surface area contributed by atoms with Crippen molar-refractivity contribution >= 4 is 22.0 Å². The highest BCUT2D eigenvalue weighted by Crippen LogP contribution is 2.18. The molecule has 0 saturated carbocycles. The molecule has 0 spiro atoms. The first-order valence-electron chi connectivity index (χ1n) is 8.97. The third-order valence-corrected chi connectivity index (χ3v) is 6.58. The molecular formula is C21H24N2O3S. The summed E-state index contributed by atoms with van der Waals surface area (Å²) >= 11 is 0. The predicted octanol–water partition coefficient (Wildman–Crippen LogP) is 2.85. The Labute approximate surface area is 161 Å². The van der Waals surface area contributed by atoms with E-state index >= 15 is 0 Å². The lowest BCUT2D eigenvalue weighted by Crippen LogP contribution is -2.50. The van der Waals surface area contributed by atoms with Crippen LogP contribution in [0, 0.1) is 13.8 Å². The van der Waals surface area contributed by atoms with Gasteiger partial charge in [-0.1, -0.05) is 47.5 Å². The van der Waals surface area contributed by atoms with E-state index in [1.807, 2.05) is 38.1 Å². The Balaban J connectivity index is 1.61. The molecule has 1 amide bonds. The van der Waals surface area contributed by atoms with E-state index in [2.05, 4.69) is 0 Å². The zero-order chi connectivity index (χ0) is 19.4. The van der Waals surface area contributed by atoms with Crippen LogP contribution in [-0.2, 0) is 14.8 Å². The molecule has 0 atom stereocenters. The average Bonchev–Trinajstić information content (AvgIpc) is 2.66. The minimum absolute atomic E-state index is 0.0936. The number of rotatable bonds is 4. The second-order valence-corrected chi connectivity index (χ2v) is 8.73. The topological polar surface area (TPSA) is 57.7 Å². The molecule has 3 rings (SSSR count). The molecule has 6 heteroatoms. The van der Waals surface area contributed by atoms with Crippen molar-refractivity contribution in [2.75, 3.05) is 26.2 Å². The Morgan fingerprint density at radius 1 is 0.926 bits per heavy atom. The van der Waals surface area contributed by atoms with Gasteiger partial charge in [0, 0.05) is 32.3 Å². The van der Waals surface area contributed by atoms with Gasteiger partial charge in [0.05, 0.1) is 4.90 Å². The molecule has 1 heterocycles. The lowest BCUT2D eigenvalue weighted by atomic mass is 10.1. The van der Waals surface area contributed by atoms with Gasteiger partial charge in [0.1, 0.15) is 0 Å². The molecule has 0 radical (unpaired) electrons. The highest BCUT2D eigenvalue weighted by Gasteiger charge is 2.29. The minimum Gasteiger partial charge on any atom is -0.337 e. The first-order chi connectivity index (χ1) is 12.9. The Hall–Kier alpha value is -2.44. The summed E-state index contributed by atoms with van der Waals surface area (Å²) in [5, 5.41) is 0. The van der Waals surface area contributed by atoms with Crippen LogP contribution in [0.4, 0.5) is 0 Å². The molecule has 142 valence electrons. The quantitative estimate of drug-likeness (QED) is 0.762. The maximum atomic E-state index is 12.7. The lowest BCUT2D eigenvalue weighted by Gasteiger charge is -2.33. The first kappa shape index (κ1) is 19.3. The van der Waals surface area contributed by atoms with Crippen molar-refractivity contribution in [3.63, 3.8) is 0 Å². The van der Waals surface area contributed by atoms with Gasteiger partial charge in [0.25, 0.3) is 0 Å². The number of hydrogen-bond acceptors (Lipinski definition) is 3. The zero-order valence-electron chi connectivity index (χ0n) is 15.6. The fraction of sp³-hybridized carbons (Fsp3) is 0.286. The van der Waals surface area contributed by atoms with Crippen molar-refractivity contribution in [3.05, 3.63) is 71.3 Å². The molecule has 0 aromatic heterocycles. The van der Waals surface area contributed by atoms with E-state index < -0.39 is 10.0 Å². The third kappa shape index (κ3) is 4.64. The number of nitrogens with zero attached hydrogens (tertiary/aromatic N) is 2. The number of piperazine rings is 1. The summed E-state index contributed by atoms with van der Waals surface area (Å²) in [6.07, 6.45) is 3.35. The van der Waals surface area contributed by atoms with Gasteiger partial charge in [-0.25, -0.2) is 8.42 Å². The Kier molecular flexibility index (Phi) is 5.77. The van der Waals surface area contributed by atoms with Crippen LogP contribution < -0.4 is 0 Å². The fourth-order valence-electron chi connectivity index (χ4n) is 3.05. The SMILES string of the molecule is Cc1ccc(S(=O)(=O)N2CCN(C(=O)/C=C/c3cccc(C)c3)CC2)cc1. The predicted molar refractivity (Wildman–Crippen MR) is 107 cm³/mol. The molecule has 1 aliphatic rings. The van der Waals surface area contributed by atoms with Gasteiger partial charge in [-0.2, -0.15) is 4.31 Å². The maximum Gasteiger partial charge on any atom is 0.246 e. The highest BCUT2D eigenvalue weighted by atomic mass is 32.2. The molecule has 0 bridgehead atoms. The van der Waals surface area contributed by atoms with Crippen molar-refractivity contribution < 1.29 is 13.2 Å². The number of sulfonamides is 1. The van der Waals surface area contributed by atoms with Crippen LogP contribution in [0.5, 0.6) is 0 Å². The average molecular weight is 385 g/mol. The van der Waals surface area contributed by atoms with E-state index in [4.69, 9.17) is 0 Å². The number of hydrogen-bond donors (Lipinski definition) is 0. The van der Waals surface area contributed by atoms with E-state index in [1.165, 1.54) is 4.31 Å². The molecule has 5 nitrogen and oxygen atoms in total. The number of carbonyl (C=O) groups excluding carboxylic acids is 1. The molecule has 1 fully saturated rings. The second kappa shape index (κ2) is 8.06. The molecule has 0 aliphatic carbocycles. The van der Waals surface area contributed by atoms with Gasteiger partial charge in [-0.05, 0) is 37.6 Å². The van der Waals surface area contributed by atoms with E-state index in [9.17, 15) is 13.2 Å². The Morgan fingerprint density at radius 2 is 1.59 bits per heavy atom. The van der Waals surface area contributed by atoms with Crippen LogP contribution in [0.2, 0.25) is 0 Å². The second-order valence-electron chi connectivity index (χ2n) is 6.79. The first-order valence-corrected chi connectivity index (χ1v) is 10.4. The zero-order valence-corrected chi connectivity index (χ0v) is 16.4.